The van der Waals surface area contributed by atoms with E-state index < -0.39 is 0 Å². The number of hydrogen-bond donors (Lipinski definition) is 1. The fraction of sp³-hybridized carbons (Fsp3) is 0.364. The number of fused-ring (bicyclic) bond motifs is 1. The second kappa shape index (κ2) is 4.89. The van der Waals surface area contributed by atoms with E-state index in [0.717, 1.165) is 41.4 Å². The van der Waals surface area contributed by atoms with Crippen molar-refractivity contribution in [3.8, 4) is 0 Å². The van der Waals surface area contributed by atoms with Crippen molar-refractivity contribution in [1.82, 2.24) is 9.99 Å². The molecule has 0 radical (unpaired) electrons. The highest BCUT2D eigenvalue weighted by atomic mass is 79.9. The van der Waals surface area contributed by atoms with Crippen LogP contribution in [0.5, 0.6) is 0 Å². The van der Waals surface area contributed by atoms with Crippen LogP contribution in [0.3, 0.4) is 0 Å². The third kappa shape index (κ3) is 2.60. The molecule has 0 spiro atoms. The number of nitrogens with zero attached hydrogens (tertiary/aromatic N) is 2. The Morgan fingerprint density at radius 1 is 1.35 bits per heavy atom. The highest BCUT2D eigenvalue weighted by molar-refractivity contribution is 9.10. The van der Waals surface area contributed by atoms with Crippen LogP contribution >= 0.6 is 27.3 Å². The Morgan fingerprint density at radius 2 is 2.18 bits per heavy atom. The highest BCUT2D eigenvalue weighted by Gasteiger charge is 2.12. The van der Waals surface area contributed by atoms with E-state index in [2.05, 4.69) is 37.4 Å². The minimum atomic E-state index is 0.781. The first kappa shape index (κ1) is 11.4. The Morgan fingerprint density at radius 3 is 3.00 bits per heavy atom. The van der Waals surface area contributed by atoms with Crippen molar-refractivity contribution in [3.05, 3.63) is 22.7 Å². The maximum Gasteiger partial charge on any atom is 0.198 e. The SMILES string of the molecule is Brc1ccc2nc(NN3CCOCC3)sc2c1. The number of hydrogen-bond acceptors (Lipinski definition) is 5. The van der Waals surface area contributed by atoms with Gasteiger partial charge in [-0.15, -0.1) is 0 Å². The van der Waals surface area contributed by atoms with Crippen LogP contribution in [0.1, 0.15) is 0 Å². The molecule has 1 aromatic carbocycles. The molecular formula is C11H12BrN3OS. The summed E-state index contributed by atoms with van der Waals surface area (Å²) in [6.45, 7) is 3.37. The Labute approximate surface area is 112 Å². The number of hydrazine groups is 1. The van der Waals surface area contributed by atoms with Crippen molar-refractivity contribution in [2.45, 2.75) is 0 Å². The predicted octanol–water partition coefficient (Wildman–Crippen LogP) is 2.72. The minimum Gasteiger partial charge on any atom is -0.379 e. The van der Waals surface area contributed by atoms with Gasteiger partial charge in [-0.1, -0.05) is 27.3 Å². The van der Waals surface area contributed by atoms with Crippen molar-refractivity contribution in [3.63, 3.8) is 0 Å². The lowest BCUT2D eigenvalue weighted by Crippen LogP contribution is -2.40. The first-order chi connectivity index (χ1) is 8.31. The van der Waals surface area contributed by atoms with E-state index in [-0.39, 0.29) is 0 Å². The quantitative estimate of drug-likeness (QED) is 0.925. The van der Waals surface area contributed by atoms with Crippen molar-refractivity contribution < 1.29 is 4.74 Å². The summed E-state index contributed by atoms with van der Waals surface area (Å²) in [6.07, 6.45) is 0. The van der Waals surface area contributed by atoms with Gasteiger partial charge < -0.3 is 4.74 Å². The molecule has 1 aliphatic heterocycles. The third-order valence-corrected chi connectivity index (χ3v) is 4.03. The van der Waals surface area contributed by atoms with Crippen molar-refractivity contribution in [2.24, 2.45) is 0 Å². The van der Waals surface area contributed by atoms with E-state index in [9.17, 15) is 0 Å². The molecule has 3 rings (SSSR count). The summed E-state index contributed by atoms with van der Waals surface area (Å²) in [4.78, 5) is 4.55. The summed E-state index contributed by atoms with van der Waals surface area (Å²) >= 11 is 5.14. The van der Waals surface area contributed by atoms with E-state index >= 15 is 0 Å². The van der Waals surface area contributed by atoms with Gasteiger partial charge in [0.2, 0.25) is 0 Å². The molecule has 1 aromatic heterocycles. The fourth-order valence-electron chi connectivity index (χ4n) is 1.76. The average molecular weight is 314 g/mol. The van der Waals surface area contributed by atoms with Crippen molar-refractivity contribution >= 4 is 42.6 Å². The molecule has 17 heavy (non-hydrogen) atoms. The van der Waals surface area contributed by atoms with E-state index in [0.29, 0.717) is 0 Å². The van der Waals surface area contributed by atoms with Crippen molar-refractivity contribution in [1.29, 1.82) is 0 Å². The van der Waals surface area contributed by atoms with Gasteiger partial charge in [0.25, 0.3) is 0 Å². The van der Waals surface area contributed by atoms with Crippen LogP contribution in [0.4, 0.5) is 5.13 Å². The van der Waals surface area contributed by atoms with Crippen LogP contribution in [0.15, 0.2) is 22.7 Å². The van der Waals surface area contributed by atoms with Gasteiger partial charge in [0.1, 0.15) is 0 Å². The lowest BCUT2D eigenvalue weighted by atomic mass is 10.3. The zero-order valence-corrected chi connectivity index (χ0v) is 11.6. The second-order valence-corrected chi connectivity index (χ2v) is 5.79. The van der Waals surface area contributed by atoms with Gasteiger partial charge in [0, 0.05) is 17.6 Å². The molecule has 6 heteroatoms. The molecule has 1 fully saturated rings. The van der Waals surface area contributed by atoms with Crippen molar-refractivity contribution in [2.75, 3.05) is 31.7 Å². The number of morpholine rings is 1. The topological polar surface area (TPSA) is 37.4 Å². The van der Waals surface area contributed by atoms with Crippen LogP contribution < -0.4 is 5.43 Å². The number of halogens is 1. The van der Waals surface area contributed by atoms with Crippen LogP contribution in [0.2, 0.25) is 0 Å². The zero-order chi connectivity index (χ0) is 11.7. The molecule has 0 unspecified atom stereocenters. The number of anilines is 1. The van der Waals surface area contributed by atoms with E-state index in [1.165, 1.54) is 4.70 Å². The number of nitrogens with one attached hydrogen (secondary N) is 1. The molecule has 0 amide bonds. The highest BCUT2D eigenvalue weighted by Crippen LogP contribution is 2.28. The molecule has 2 heterocycles. The van der Waals surface area contributed by atoms with Gasteiger partial charge in [-0.2, -0.15) is 0 Å². The molecule has 4 nitrogen and oxygen atoms in total. The largest absolute Gasteiger partial charge is 0.379 e. The zero-order valence-electron chi connectivity index (χ0n) is 9.15. The standard InChI is InChI=1S/C11H12BrN3OS/c12-8-1-2-9-10(7-8)17-11(13-9)14-15-3-5-16-6-4-15/h1-2,7H,3-6H2,(H,13,14). The number of thiazole rings is 1. The molecule has 1 N–H and O–H groups in total. The number of benzene rings is 1. The van der Waals surface area contributed by atoms with Crippen LogP contribution in [-0.4, -0.2) is 36.3 Å². The van der Waals surface area contributed by atoms with E-state index in [1.807, 2.05) is 12.1 Å². The normalized spacial score (nSPS) is 17.5. The number of rotatable bonds is 2. The molecule has 0 aliphatic carbocycles. The Bertz CT molecular complexity index is 524. The minimum absolute atomic E-state index is 0.781. The average Bonchev–Trinajstić information content (AvgIpc) is 2.71. The summed E-state index contributed by atoms with van der Waals surface area (Å²) in [5.74, 6) is 0. The Balaban J connectivity index is 1.80. The first-order valence-electron chi connectivity index (χ1n) is 5.47. The summed E-state index contributed by atoms with van der Waals surface area (Å²) in [5, 5.41) is 3.09. The van der Waals surface area contributed by atoms with Gasteiger partial charge >= 0.3 is 0 Å². The van der Waals surface area contributed by atoms with Gasteiger partial charge in [0.15, 0.2) is 5.13 Å². The van der Waals surface area contributed by atoms with Gasteiger partial charge in [0.05, 0.1) is 23.4 Å². The maximum absolute atomic E-state index is 5.31. The lowest BCUT2D eigenvalue weighted by Gasteiger charge is -2.26. The van der Waals surface area contributed by atoms with E-state index in [1.54, 1.807) is 11.3 Å². The summed E-state index contributed by atoms with van der Waals surface area (Å²) in [5.41, 5.74) is 4.37. The molecule has 0 bridgehead atoms. The third-order valence-electron chi connectivity index (χ3n) is 2.62. The van der Waals surface area contributed by atoms with Crippen LogP contribution in [0.25, 0.3) is 10.2 Å². The molecule has 1 aliphatic rings. The Kier molecular flexibility index (Phi) is 3.28. The summed E-state index contributed by atoms with van der Waals surface area (Å²) in [6, 6.07) is 6.14. The molecule has 2 aromatic rings. The van der Waals surface area contributed by atoms with Gasteiger partial charge in [-0.05, 0) is 18.2 Å². The van der Waals surface area contributed by atoms with Crippen LogP contribution in [-0.2, 0) is 4.74 Å². The van der Waals surface area contributed by atoms with Gasteiger partial charge in [-0.25, -0.2) is 9.99 Å². The number of ether oxygens (including phenoxy) is 1. The smallest absolute Gasteiger partial charge is 0.198 e. The maximum atomic E-state index is 5.31. The molecule has 0 atom stereocenters. The fourth-order valence-corrected chi connectivity index (χ4v) is 3.20. The molecule has 90 valence electrons. The molecular weight excluding hydrogens is 302 g/mol. The first-order valence-corrected chi connectivity index (χ1v) is 7.08. The lowest BCUT2D eigenvalue weighted by molar-refractivity contribution is 0.0497. The van der Waals surface area contributed by atoms with E-state index in [4.69, 9.17) is 4.74 Å². The number of aromatic nitrogens is 1. The molecule has 1 saturated heterocycles. The summed E-state index contributed by atoms with van der Waals surface area (Å²) in [7, 11) is 0. The van der Waals surface area contributed by atoms with Gasteiger partial charge in [-0.3, -0.25) is 5.43 Å². The molecule has 0 saturated carbocycles. The summed E-state index contributed by atoms with van der Waals surface area (Å²) < 4.78 is 7.59. The monoisotopic (exact) mass is 313 g/mol. The van der Waals surface area contributed by atoms with Crippen LogP contribution in [0, 0.1) is 0 Å². The predicted molar refractivity (Wildman–Crippen MR) is 73.3 cm³/mol. The Hall–Kier alpha value is -0.690. The second-order valence-electron chi connectivity index (χ2n) is 3.84.